The number of aromatic nitrogens is 3. The number of ether oxygens (including phenoxy) is 1. The van der Waals surface area contributed by atoms with E-state index in [0.29, 0.717) is 30.4 Å². The summed E-state index contributed by atoms with van der Waals surface area (Å²) in [5.41, 5.74) is 3.99. The predicted octanol–water partition coefficient (Wildman–Crippen LogP) is 2.12. The van der Waals surface area contributed by atoms with Gasteiger partial charge in [-0.15, -0.1) is 0 Å². The molecule has 0 radical (unpaired) electrons. The van der Waals surface area contributed by atoms with Crippen LogP contribution in [0.3, 0.4) is 0 Å². The second kappa shape index (κ2) is 9.94. The van der Waals surface area contributed by atoms with Gasteiger partial charge in [-0.25, -0.2) is 15.4 Å². The number of benzene rings is 1. The Morgan fingerprint density at radius 1 is 1.14 bits per heavy atom. The van der Waals surface area contributed by atoms with E-state index in [1.807, 2.05) is 36.4 Å². The number of nitrogens with zero attached hydrogens (tertiary/aromatic N) is 3. The molecule has 3 aromatic rings. The first-order chi connectivity index (χ1) is 14.2. The minimum atomic E-state index is -0.720. The fourth-order valence-corrected chi connectivity index (χ4v) is 2.41. The van der Waals surface area contributed by atoms with Crippen LogP contribution >= 0.6 is 0 Å². The van der Waals surface area contributed by atoms with Gasteiger partial charge in [0.2, 0.25) is 0 Å². The molecule has 0 atom stereocenters. The van der Waals surface area contributed by atoms with Crippen LogP contribution in [0, 0.1) is 11.8 Å². The van der Waals surface area contributed by atoms with E-state index in [4.69, 9.17) is 9.94 Å². The Bertz CT molecular complexity index is 1030. The molecule has 3 rings (SSSR count). The first kappa shape index (κ1) is 19.9. The molecule has 0 aliphatic rings. The molecule has 29 heavy (non-hydrogen) atoms. The van der Waals surface area contributed by atoms with Crippen LogP contribution in [-0.4, -0.2) is 46.3 Å². The number of carbonyl (C=O) groups excluding carboxylic acids is 1. The molecule has 0 bridgehead atoms. The number of hydroxylamine groups is 1. The van der Waals surface area contributed by atoms with E-state index in [2.05, 4.69) is 32.1 Å². The lowest BCUT2D eigenvalue weighted by molar-refractivity contribution is 0.0700. The number of hydrogen-bond donors (Lipinski definition) is 3. The van der Waals surface area contributed by atoms with Crippen LogP contribution in [-0.2, 0) is 4.74 Å². The molecule has 8 nitrogen and oxygen atoms in total. The van der Waals surface area contributed by atoms with Crippen LogP contribution in [0.1, 0.15) is 21.6 Å². The number of nitrogens with one attached hydrogen (secondary N) is 2. The van der Waals surface area contributed by atoms with Gasteiger partial charge in [0, 0.05) is 48.8 Å². The summed E-state index contributed by atoms with van der Waals surface area (Å²) in [5.74, 6) is 6.19. The van der Waals surface area contributed by atoms with Gasteiger partial charge in [-0.1, -0.05) is 11.8 Å². The zero-order valence-electron chi connectivity index (χ0n) is 15.7. The Kier molecular flexibility index (Phi) is 6.84. The molecule has 0 saturated heterocycles. The highest BCUT2D eigenvalue weighted by atomic mass is 16.5. The van der Waals surface area contributed by atoms with Crippen LogP contribution in [0.15, 0.2) is 54.9 Å². The highest BCUT2D eigenvalue weighted by molar-refractivity contribution is 5.92. The van der Waals surface area contributed by atoms with Crippen molar-refractivity contribution >= 4 is 11.7 Å². The van der Waals surface area contributed by atoms with Gasteiger partial charge in [0.25, 0.3) is 5.91 Å². The van der Waals surface area contributed by atoms with E-state index >= 15 is 0 Å². The number of methoxy groups -OCH3 is 1. The van der Waals surface area contributed by atoms with Crippen molar-refractivity contribution in [2.24, 2.45) is 0 Å². The average Bonchev–Trinajstić information content (AvgIpc) is 2.78. The van der Waals surface area contributed by atoms with E-state index < -0.39 is 5.91 Å². The van der Waals surface area contributed by atoms with Crippen molar-refractivity contribution in [1.82, 2.24) is 20.4 Å². The highest BCUT2D eigenvalue weighted by Crippen LogP contribution is 2.19. The number of anilines is 1. The van der Waals surface area contributed by atoms with Crippen molar-refractivity contribution in [1.29, 1.82) is 0 Å². The number of amides is 1. The zero-order valence-corrected chi connectivity index (χ0v) is 15.7. The van der Waals surface area contributed by atoms with Crippen LogP contribution in [0.5, 0.6) is 0 Å². The minimum absolute atomic E-state index is 0.0397. The Morgan fingerprint density at radius 2 is 1.93 bits per heavy atom. The van der Waals surface area contributed by atoms with Crippen molar-refractivity contribution in [2.45, 2.75) is 0 Å². The Hall–Kier alpha value is -3.80. The maximum atomic E-state index is 11.8. The third-order valence-electron chi connectivity index (χ3n) is 3.83. The summed E-state index contributed by atoms with van der Waals surface area (Å²) in [6.07, 6.45) is 3.40. The number of rotatable bonds is 6. The predicted molar refractivity (Wildman–Crippen MR) is 107 cm³/mol. The molecule has 0 fully saturated rings. The minimum Gasteiger partial charge on any atom is -0.383 e. The summed E-state index contributed by atoms with van der Waals surface area (Å²) < 4.78 is 5.00. The second-order valence-electron chi connectivity index (χ2n) is 5.89. The molecule has 1 amide bonds. The fourth-order valence-electron chi connectivity index (χ4n) is 2.41. The van der Waals surface area contributed by atoms with E-state index in [1.165, 1.54) is 6.07 Å². The molecule has 0 aliphatic carbocycles. The SMILES string of the molecule is COCCNc1cc(C(=O)NO)nc(-c2ccc(C#Cc3cccnc3)cc2)n1. The highest BCUT2D eigenvalue weighted by Gasteiger charge is 2.12. The fraction of sp³-hybridized carbons (Fsp3) is 0.143. The molecule has 2 heterocycles. The van der Waals surface area contributed by atoms with E-state index in [1.54, 1.807) is 25.0 Å². The molecule has 0 unspecified atom stereocenters. The van der Waals surface area contributed by atoms with Crippen LogP contribution < -0.4 is 10.8 Å². The summed E-state index contributed by atoms with van der Waals surface area (Å²) in [4.78, 5) is 24.5. The maximum absolute atomic E-state index is 11.8. The van der Waals surface area contributed by atoms with Crippen molar-refractivity contribution in [3.63, 3.8) is 0 Å². The quantitative estimate of drug-likeness (QED) is 0.256. The van der Waals surface area contributed by atoms with Crippen LogP contribution in [0.25, 0.3) is 11.4 Å². The van der Waals surface area contributed by atoms with Crippen molar-refractivity contribution in [3.8, 4) is 23.2 Å². The smallest absolute Gasteiger partial charge is 0.293 e. The lowest BCUT2D eigenvalue weighted by Gasteiger charge is -2.09. The molecule has 0 saturated carbocycles. The van der Waals surface area contributed by atoms with E-state index in [0.717, 1.165) is 11.1 Å². The maximum Gasteiger partial charge on any atom is 0.293 e. The topological polar surface area (TPSA) is 109 Å². The molecular formula is C21H19N5O3. The second-order valence-corrected chi connectivity index (χ2v) is 5.89. The number of hydrogen-bond acceptors (Lipinski definition) is 7. The molecule has 8 heteroatoms. The zero-order chi connectivity index (χ0) is 20.5. The molecule has 3 N–H and O–H groups in total. The first-order valence-electron chi connectivity index (χ1n) is 8.78. The van der Waals surface area contributed by atoms with Crippen LogP contribution in [0.2, 0.25) is 0 Å². The van der Waals surface area contributed by atoms with Gasteiger partial charge in [-0.3, -0.25) is 15.0 Å². The third kappa shape index (κ3) is 5.59. The molecule has 2 aromatic heterocycles. The summed E-state index contributed by atoms with van der Waals surface area (Å²) in [6, 6.07) is 12.5. The molecule has 146 valence electrons. The lowest BCUT2D eigenvalue weighted by atomic mass is 10.1. The first-order valence-corrected chi connectivity index (χ1v) is 8.78. The van der Waals surface area contributed by atoms with Gasteiger partial charge in [-0.05, 0) is 36.4 Å². The number of carbonyl (C=O) groups is 1. The van der Waals surface area contributed by atoms with Gasteiger partial charge in [0.15, 0.2) is 5.82 Å². The number of pyridine rings is 1. The van der Waals surface area contributed by atoms with Gasteiger partial charge < -0.3 is 10.1 Å². The standard InChI is InChI=1S/C21H19N5O3/c1-29-12-11-23-19-13-18(21(27)26-28)24-20(25-19)17-8-6-15(7-9-17)4-5-16-3-2-10-22-14-16/h2-3,6-10,13-14,28H,11-12H2,1H3,(H,26,27)(H,23,24,25). The monoisotopic (exact) mass is 389 g/mol. The van der Waals surface area contributed by atoms with Gasteiger partial charge >= 0.3 is 0 Å². The van der Waals surface area contributed by atoms with Crippen LogP contribution in [0.4, 0.5) is 5.82 Å². The molecule has 0 aliphatic heterocycles. The third-order valence-corrected chi connectivity index (χ3v) is 3.83. The lowest BCUT2D eigenvalue weighted by Crippen LogP contribution is -2.21. The van der Waals surface area contributed by atoms with Gasteiger partial charge in [0.05, 0.1) is 6.61 Å². The molecule has 0 spiro atoms. The largest absolute Gasteiger partial charge is 0.383 e. The average molecular weight is 389 g/mol. The molecular weight excluding hydrogens is 370 g/mol. The van der Waals surface area contributed by atoms with Gasteiger partial charge in [-0.2, -0.15) is 0 Å². The van der Waals surface area contributed by atoms with Gasteiger partial charge in [0.1, 0.15) is 11.5 Å². The van der Waals surface area contributed by atoms with E-state index in [-0.39, 0.29) is 5.69 Å². The van der Waals surface area contributed by atoms with Crippen molar-refractivity contribution < 1.29 is 14.7 Å². The Labute approximate surface area is 168 Å². The van der Waals surface area contributed by atoms with Crippen molar-refractivity contribution in [2.75, 3.05) is 25.6 Å². The summed E-state index contributed by atoms with van der Waals surface area (Å²) in [5, 5.41) is 12.0. The summed E-state index contributed by atoms with van der Waals surface area (Å²) in [7, 11) is 1.59. The normalized spacial score (nSPS) is 10.0. The van der Waals surface area contributed by atoms with Crippen molar-refractivity contribution in [3.05, 3.63) is 71.7 Å². The molecule has 1 aromatic carbocycles. The Morgan fingerprint density at radius 3 is 2.62 bits per heavy atom. The summed E-state index contributed by atoms with van der Waals surface area (Å²) in [6.45, 7) is 0.987. The van der Waals surface area contributed by atoms with E-state index in [9.17, 15) is 4.79 Å². The Balaban J connectivity index is 1.85. The summed E-state index contributed by atoms with van der Waals surface area (Å²) >= 11 is 0.